The van der Waals surface area contributed by atoms with Crippen molar-refractivity contribution in [2.45, 2.75) is 0 Å². The van der Waals surface area contributed by atoms with Crippen LogP contribution in [-0.2, 0) is 17.1 Å². The van der Waals surface area contributed by atoms with Gasteiger partial charge in [0.25, 0.3) is 0 Å². The normalized spacial score (nSPS) is 10.9. The van der Waals surface area contributed by atoms with Gasteiger partial charge in [0.2, 0.25) is 0 Å². The van der Waals surface area contributed by atoms with Crippen LogP contribution in [0.1, 0.15) is 0 Å². The molecule has 0 atom stereocenters. The molecule has 0 fully saturated rings. The largest absolute Gasteiger partial charge is 1.00 e. The number of hydrogen-bond acceptors (Lipinski definition) is 0. The fourth-order valence-corrected chi connectivity index (χ4v) is 19.8. The molecule has 8 aromatic carbocycles. The van der Waals surface area contributed by atoms with E-state index in [2.05, 4.69) is 243 Å². The summed E-state index contributed by atoms with van der Waals surface area (Å²) in [6.45, 7) is 0. The van der Waals surface area contributed by atoms with Crippen LogP contribution in [0.3, 0.4) is 0 Å². The van der Waals surface area contributed by atoms with E-state index in [1.807, 2.05) is 0 Å². The molecular formula is C52H52CuP4+5. The number of benzene rings is 8. The Hall–Kier alpha value is -4.00. The third-order valence-corrected chi connectivity index (χ3v) is 22.5. The van der Waals surface area contributed by atoms with Gasteiger partial charge in [0.1, 0.15) is 24.6 Å². The zero-order valence-electron chi connectivity index (χ0n) is 32.2. The molecule has 0 bridgehead atoms. The van der Waals surface area contributed by atoms with Crippen molar-refractivity contribution in [1.82, 2.24) is 0 Å². The summed E-state index contributed by atoms with van der Waals surface area (Å²) in [5.74, 6) is 0. The van der Waals surface area contributed by atoms with E-state index >= 15 is 0 Å². The molecule has 0 unspecified atom stereocenters. The van der Waals surface area contributed by atoms with Gasteiger partial charge in [-0.1, -0.05) is 146 Å². The Labute approximate surface area is 356 Å². The van der Waals surface area contributed by atoms with Gasteiger partial charge in [0.15, 0.2) is 0 Å². The summed E-state index contributed by atoms with van der Waals surface area (Å²) >= 11 is 0. The maximum Gasteiger partial charge on any atom is 1.00 e. The quantitative estimate of drug-likeness (QED) is 0.0756. The fraction of sp³-hybridized carbons (Fsp3) is 0.0769. The van der Waals surface area contributed by atoms with Gasteiger partial charge in [0, 0.05) is 0 Å². The van der Waals surface area contributed by atoms with Gasteiger partial charge < -0.3 is 0 Å². The van der Waals surface area contributed by atoms with E-state index < -0.39 is 31.7 Å². The topological polar surface area (TPSA) is 0 Å². The number of hydrogen-bond donors (Lipinski definition) is 0. The van der Waals surface area contributed by atoms with Gasteiger partial charge in [0.05, 0.1) is 74.1 Å². The molecule has 0 N–H and O–H groups in total. The third kappa shape index (κ3) is 12.5. The molecule has 0 aliphatic carbocycles. The van der Waals surface area contributed by atoms with Crippen LogP contribution in [0.25, 0.3) is 0 Å². The third-order valence-electron chi connectivity index (χ3n) is 10.2. The van der Waals surface area contributed by atoms with Gasteiger partial charge in [-0.15, -0.1) is 0 Å². The Bertz CT molecular complexity index is 1760. The first-order valence-electron chi connectivity index (χ1n) is 19.7. The van der Waals surface area contributed by atoms with Crippen molar-refractivity contribution in [3.8, 4) is 0 Å². The average Bonchev–Trinajstić information content (AvgIpc) is 3.29. The summed E-state index contributed by atoms with van der Waals surface area (Å²) < 4.78 is 0. The second-order valence-electron chi connectivity index (χ2n) is 13.8. The molecule has 0 aliphatic rings. The van der Waals surface area contributed by atoms with Crippen LogP contribution in [0.4, 0.5) is 0 Å². The van der Waals surface area contributed by atoms with E-state index in [4.69, 9.17) is 0 Å². The average molecular weight is 864 g/mol. The Balaban J connectivity index is 0.000000189. The van der Waals surface area contributed by atoms with Crippen LogP contribution in [0.2, 0.25) is 0 Å². The zero-order valence-corrected chi connectivity index (χ0v) is 37.2. The van der Waals surface area contributed by atoms with Gasteiger partial charge in [-0.3, -0.25) is 0 Å². The molecule has 0 spiro atoms. The smallest absolute Gasteiger partial charge is 0.0620 e. The minimum atomic E-state index is -0.783. The predicted molar refractivity (Wildman–Crippen MR) is 261 cm³/mol. The Morgan fingerprint density at radius 2 is 0.281 bits per heavy atom. The minimum absolute atomic E-state index is 0. The Morgan fingerprint density at radius 1 is 0.175 bits per heavy atom. The summed E-state index contributed by atoms with van der Waals surface area (Å²) in [6.07, 6.45) is 5.04. The molecule has 0 aliphatic heterocycles. The first-order chi connectivity index (χ1) is 27.8. The van der Waals surface area contributed by atoms with Crippen molar-refractivity contribution in [2.75, 3.05) is 24.6 Å². The van der Waals surface area contributed by atoms with E-state index in [1.54, 1.807) is 0 Å². The van der Waals surface area contributed by atoms with Gasteiger partial charge in [-0.2, -0.15) is 0 Å². The maximum atomic E-state index is 2.32. The maximum absolute atomic E-state index is 2.32. The molecule has 0 heterocycles. The van der Waals surface area contributed by atoms with Crippen LogP contribution < -0.4 is 42.4 Å². The number of rotatable bonds is 14. The van der Waals surface area contributed by atoms with Gasteiger partial charge in [-0.05, 0) is 97.1 Å². The SMILES string of the molecule is [Cu+].c1ccc([PH+](CC[PH+](c2ccccc2)c2ccccc2)c2ccccc2)cc1.c1ccc([PH+](CC[PH+](c2ccccc2)c2ccccc2)c2ccccc2)cc1. The summed E-state index contributed by atoms with van der Waals surface area (Å²) in [4.78, 5) is 0. The molecule has 0 aromatic heterocycles. The van der Waals surface area contributed by atoms with Crippen LogP contribution >= 0.6 is 31.7 Å². The molecule has 0 saturated heterocycles. The standard InChI is InChI=1S/2C26H24P2.Cu/c2*1-5-13-23(14-6-1)27(24-15-7-2-8-16-24)21-22-28(25-17-9-3-10-18-25)26-19-11-4-12-20-26;/h2*1-20H,21-22H2;/q;;+1/p+4. The Morgan fingerprint density at radius 3 is 0.386 bits per heavy atom. The van der Waals surface area contributed by atoms with E-state index in [1.165, 1.54) is 67.1 Å². The van der Waals surface area contributed by atoms with Crippen LogP contribution in [-0.4, -0.2) is 24.6 Å². The first kappa shape index (κ1) is 42.6. The van der Waals surface area contributed by atoms with Gasteiger partial charge in [-0.25, -0.2) is 0 Å². The molecule has 0 saturated carbocycles. The second kappa shape index (κ2) is 23.4. The van der Waals surface area contributed by atoms with Crippen molar-refractivity contribution in [3.05, 3.63) is 243 Å². The monoisotopic (exact) mass is 863 g/mol. The van der Waals surface area contributed by atoms with Crippen molar-refractivity contribution < 1.29 is 17.1 Å². The molecular weight excluding hydrogens is 812 g/mol. The van der Waals surface area contributed by atoms with Crippen molar-refractivity contribution in [1.29, 1.82) is 0 Å². The van der Waals surface area contributed by atoms with Crippen molar-refractivity contribution in [3.63, 3.8) is 0 Å². The van der Waals surface area contributed by atoms with E-state index in [0.29, 0.717) is 0 Å². The summed E-state index contributed by atoms with van der Waals surface area (Å²) in [7, 11) is -3.13. The van der Waals surface area contributed by atoms with E-state index in [9.17, 15) is 0 Å². The molecule has 0 radical (unpaired) electrons. The van der Waals surface area contributed by atoms with Crippen molar-refractivity contribution >= 4 is 74.1 Å². The van der Waals surface area contributed by atoms with Crippen LogP contribution in [0, 0.1) is 0 Å². The fourth-order valence-electron chi connectivity index (χ4n) is 7.44. The van der Waals surface area contributed by atoms with E-state index in [-0.39, 0.29) is 17.1 Å². The summed E-state index contributed by atoms with van der Waals surface area (Å²) in [5.41, 5.74) is 0. The van der Waals surface area contributed by atoms with E-state index in [0.717, 1.165) is 0 Å². The first-order valence-corrected chi connectivity index (χ1v) is 26.5. The van der Waals surface area contributed by atoms with Crippen LogP contribution in [0.15, 0.2) is 243 Å². The predicted octanol–water partition coefficient (Wildman–Crippen LogP) is 9.43. The second-order valence-corrected chi connectivity index (χ2v) is 24.3. The van der Waals surface area contributed by atoms with Gasteiger partial charge >= 0.3 is 17.1 Å². The van der Waals surface area contributed by atoms with Crippen LogP contribution in [0.5, 0.6) is 0 Å². The molecule has 8 aromatic rings. The zero-order chi connectivity index (χ0) is 38.0. The summed E-state index contributed by atoms with van der Waals surface area (Å²) in [5, 5.41) is 12.1. The molecule has 0 nitrogen and oxygen atoms in total. The molecule has 286 valence electrons. The minimum Gasteiger partial charge on any atom is -0.0620 e. The Kier molecular flexibility index (Phi) is 17.5. The van der Waals surface area contributed by atoms with Crippen molar-refractivity contribution in [2.24, 2.45) is 0 Å². The molecule has 0 amide bonds. The molecule has 57 heavy (non-hydrogen) atoms. The summed E-state index contributed by atoms with van der Waals surface area (Å²) in [6, 6.07) is 89.0. The molecule has 8 rings (SSSR count). The molecule has 5 heteroatoms.